The number of amides is 1. The number of benzene rings is 2. The van der Waals surface area contributed by atoms with E-state index in [4.69, 9.17) is 21.4 Å². The van der Waals surface area contributed by atoms with Crippen molar-refractivity contribution in [3.8, 4) is 5.75 Å². The van der Waals surface area contributed by atoms with Crippen LogP contribution in [-0.4, -0.2) is 23.6 Å². The molecule has 7 heteroatoms. The molecule has 2 N–H and O–H groups in total. The molecule has 120 valence electrons. The van der Waals surface area contributed by atoms with Gasteiger partial charge in [0.1, 0.15) is 5.75 Å². The molecule has 5 nitrogen and oxygen atoms in total. The Morgan fingerprint density at radius 3 is 2.48 bits per heavy atom. The highest BCUT2D eigenvalue weighted by Gasteiger charge is 2.07. The molecule has 2 aromatic rings. The van der Waals surface area contributed by atoms with Crippen LogP contribution in [0.25, 0.3) is 0 Å². The summed E-state index contributed by atoms with van der Waals surface area (Å²) in [5, 5.41) is 11.9. The highest BCUT2D eigenvalue weighted by molar-refractivity contribution is 9.10. The third kappa shape index (κ3) is 5.26. The molecule has 2 aromatic carbocycles. The SMILES string of the molecule is O=C(COc1ccc(Br)cc1Cl)NCc1ccc(C(=O)O)cc1. The molecule has 0 bridgehead atoms. The van der Waals surface area contributed by atoms with Gasteiger partial charge < -0.3 is 15.2 Å². The first-order valence-electron chi connectivity index (χ1n) is 6.62. The quantitative estimate of drug-likeness (QED) is 0.781. The van der Waals surface area contributed by atoms with Crippen molar-refractivity contribution in [2.75, 3.05) is 6.61 Å². The number of carbonyl (C=O) groups excluding carboxylic acids is 1. The fourth-order valence-electron chi connectivity index (χ4n) is 1.75. The molecule has 1 amide bonds. The molecule has 2 rings (SSSR count). The van der Waals surface area contributed by atoms with Crippen LogP contribution in [0.4, 0.5) is 0 Å². The fraction of sp³-hybridized carbons (Fsp3) is 0.125. The van der Waals surface area contributed by atoms with Gasteiger partial charge in [0.05, 0.1) is 10.6 Å². The minimum atomic E-state index is -0.986. The second kappa shape index (κ2) is 7.99. The summed E-state index contributed by atoms with van der Waals surface area (Å²) < 4.78 is 6.17. The normalized spacial score (nSPS) is 10.2. The number of carbonyl (C=O) groups is 2. The van der Waals surface area contributed by atoms with E-state index in [9.17, 15) is 9.59 Å². The second-order valence-electron chi connectivity index (χ2n) is 4.64. The zero-order valence-electron chi connectivity index (χ0n) is 11.9. The lowest BCUT2D eigenvalue weighted by molar-refractivity contribution is -0.123. The summed E-state index contributed by atoms with van der Waals surface area (Å²) in [5.74, 6) is -0.859. The van der Waals surface area contributed by atoms with E-state index in [-0.39, 0.29) is 24.6 Å². The van der Waals surface area contributed by atoms with Gasteiger partial charge in [-0.1, -0.05) is 39.7 Å². The van der Waals surface area contributed by atoms with Gasteiger partial charge in [0.25, 0.3) is 5.91 Å². The minimum absolute atomic E-state index is 0.158. The van der Waals surface area contributed by atoms with Gasteiger partial charge in [0.15, 0.2) is 6.61 Å². The molecule has 0 atom stereocenters. The van der Waals surface area contributed by atoms with Gasteiger partial charge >= 0.3 is 5.97 Å². The molecule has 0 fully saturated rings. The van der Waals surface area contributed by atoms with E-state index in [0.29, 0.717) is 10.8 Å². The first kappa shape index (κ1) is 17.3. The van der Waals surface area contributed by atoms with E-state index < -0.39 is 5.97 Å². The summed E-state index contributed by atoms with van der Waals surface area (Å²) in [4.78, 5) is 22.5. The minimum Gasteiger partial charge on any atom is -0.482 e. The van der Waals surface area contributed by atoms with E-state index in [1.165, 1.54) is 12.1 Å². The predicted molar refractivity (Wildman–Crippen MR) is 89.9 cm³/mol. The van der Waals surface area contributed by atoms with Gasteiger partial charge in [-0.15, -0.1) is 0 Å². The maximum absolute atomic E-state index is 11.8. The van der Waals surface area contributed by atoms with E-state index in [2.05, 4.69) is 21.2 Å². The number of nitrogens with one attached hydrogen (secondary N) is 1. The van der Waals surface area contributed by atoms with Crippen molar-refractivity contribution in [3.63, 3.8) is 0 Å². The third-order valence-corrected chi connectivity index (χ3v) is 3.73. The Hall–Kier alpha value is -2.05. The predicted octanol–water partition coefficient (Wildman–Crippen LogP) is 3.50. The Kier molecular flexibility index (Phi) is 6.01. The molecule has 0 saturated heterocycles. The maximum atomic E-state index is 11.8. The smallest absolute Gasteiger partial charge is 0.335 e. The summed E-state index contributed by atoms with van der Waals surface area (Å²) in [6, 6.07) is 11.4. The van der Waals surface area contributed by atoms with Crippen LogP contribution in [0, 0.1) is 0 Å². The van der Waals surface area contributed by atoms with Crippen LogP contribution in [0.3, 0.4) is 0 Å². The lowest BCUT2D eigenvalue weighted by atomic mass is 10.1. The maximum Gasteiger partial charge on any atom is 0.335 e. The van der Waals surface area contributed by atoms with Gasteiger partial charge in [0, 0.05) is 11.0 Å². The Labute approximate surface area is 146 Å². The van der Waals surface area contributed by atoms with Crippen molar-refractivity contribution in [1.82, 2.24) is 5.32 Å². The summed E-state index contributed by atoms with van der Waals surface area (Å²) in [5.41, 5.74) is 0.998. The van der Waals surface area contributed by atoms with Crippen LogP contribution in [-0.2, 0) is 11.3 Å². The summed E-state index contributed by atoms with van der Waals surface area (Å²) >= 11 is 9.28. The van der Waals surface area contributed by atoms with Crippen molar-refractivity contribution in [3.05, 3.63) is 63.1 Å². The average Bonchev–Trinajstić information content (AvgIpc) is 2.52. The Morgan fingerprint density at radius 1 is 1.17 bits per heavy atom. The van der Waals surface area contributed by atoms with Crippen molar-refractivity contribution in [2.24, 2.45) is 0 Å². The molecule has 0 unspecified atom stereocenters. The van der Waals surface area contributed by atoms with Crippen LogP contribution in [0.1, 0.15) is 15.9 Å². The monoisotopic (exact) mass is 397 g/mol. The van der Waals surface area contributed by atoms with Crippen molar-refractivity contribution >= 4 is 39.4 Å². The van der Waals surface area contributed by atoms with Crippen molar-refractivity contribution < 1.29 is 19.4 Å². The molecule has 0 aliphatic carbocycles. The summed E-state index contributed by atoms with van der Waals surface area (Å²) in [7, 11) is 0. The van der Waals surface area contributed by atoms with Crippen LogP contribution < -0.4 is 10.1 Å². The number of ether oxygens (including phenoxy) is 1. The molecule has 23 heavy (non-hydrogen) atoms. The molecule has 0 heterocycles. The molecule has 0 aliphatic heterocycles. The van der Waals surface area contributed by atoms with Crippen LogP contribution >= 0.6 is 27.5 Å². The van der Waals surface area contributed by atoms with E-state index in [0.717, 1.165) is 10.0 Å². The summed E-state index contributed by atoms with van der Waals surface area (Å²) in [6.45, 7) is 0.130. The third-order valence-electron chi connectivity index (χ3n) is 2.94. The molecule has 0 aliphatic rings. The van der Waals surface area contributed by atoms with E-state index in [1.807, 2.05) is 0 Å². The summed E-state index contributed by atoms with van der Waals surface area (Å²) in [6.07, 6.45) is 0. The van der Waals surface area contributed by atoms with Crippen molar-refractivity contribution in [2.45, 2.75) is 6.54 Å². The first-order chi connectivity index (χ1) is 11.0. The molecular formula is C16H13BrClNO4. The molecule has 0 aromatic heterocycles. The highest BCUT2D eigenvalue weighted by Crippen LogP contribution is 2.27. The fourth-order valence-corrected chi connectivity index (χ4v) is 2.48. The lowest BCUT2D eigenvalue weighted by Crippen LogP contribution is -2.28. The first-order valence-corrected chi connectivity index (χ1v) is 7.79. The number of hydrogen-bond donors (Lipinski definition) is 2. The highest BCUT2D eigenvalue weighted by atomic mass is 79.9. The van der Waals surface area contributed by atoms with Gasteiger partial charge in [-0.25, -0.2) is 4.79 Å². The largest absolute Gasteiger partial charge is 0.482 e. The molecule has 0 spiro atoms. The molecular weight excluding hydrogens is 386 g/mol. The van der Waals surface area contributed by atoms with Crippen LogP contribution in [0.5, 0.6) is 5.75 Å². The molecule has 0 radical (unpaired) electrons. The topological polar surface area (TPSA) is 75.6 Å². The lowest BCUT2D eigenvalue weighted by Gasteiger charge is -2.09. The van der Waals surface area contributed by atoms with Gasteiger partial charge in [-0.3, -0.25) is 4.79 Å². The molecule has 0 saturated carbocycles. The van der Waals surface area contributed by atoms with Crippen molar-refractivity contribution in [1.29, 1.82) is 0 Å². The Bertz CT molecular complexity index is 719. The standard InChI is InChI=1S/C16H13BrClNO4/c17-12-5-6-14(13(18)7-12)23-9-15(20)19-8-10-1-3-11(4-2-10)16(21)22/h1-7H,8-9H2,(H,19,20)(H,21,22). The van der Waals surface area contributed by atoms with Crippen LogP contribution in [0.15, 0.2) is 46.9 Å². The Balaban J connectivity index is 1.82. The van der Waals surface area contributed by atoms with Crippen LogP contribution in [0.2, 0.25) is 5.02 Å². The van der Waals surface area contributed by atoms with E-state index >= 15 is 0 Å². The number of rotatable bonds is 6. The number of aromatic carboxylic acids is 1. The number of hydrogen-bond acceptors (Lipinski definition) is 3. The zero-order chi connectivity index (χ0) is 16.8. The number of carboxylic acids is 1. The average molecular weight is 399 g/mol. The van der Waals surface area contributed by atoms with E-state index in [1.54, 1.807) is 30.3 Å². The Morgan fingerprint density at radius 2 is 1.87 bits per heavy atom. The van der Waals surface area contributed by atoms with Gasteiger partial charge in [-0.05, 0) is 35.9 Å². The second-order valence-corrected chi connectivity index (χ2v) is 5.97. The van der Waals surface area contributed by atoms with Gasteiger partial charge in [0.2, 0.25) is 0 Å². The zero-order valence-corrected chi connectivity index (χ0v) is 14.2. The van der Waals surface area contributed by atoms with Gasteiger partial charge in [-0.2, -0.15) is 0 Å². The number of halogens is 2. The number of carboxylic acid groups (broad SMARTS) is 1.